The van der Waals surface area contributed by atoms with E-state index in [2.05, 4.69) is 25.3 Å². The van der Waals surface area contributed by atoms with Crippen LogP contribution in [0.2, 0.25) is 5.02 Å². The number of amides is 1. The van der Waals surface area contributed by atoms with Gasteiger partial charge in [0, 0.05) is 42.6 Å². The summed E-state index contributed by atoms with van der Waals surface area (Å²) in [5, 5.41) is 13.1. The maximum Gasteiger partial charge on any atom is 0.234 e. The van der Waals surface area contributed by atoms with Crippen molar-refractivity contribution in [3.63, 3.8) is 0 Å². The van der Waals surface area contributed by atoms with E-state index in [-0.39, 0.29) is 11.7 Å². The van der Waals surface area contributed by atoms with Gasteiger partial charge in [-0.05, 0) is 55.3 Å². The van der Waals surface area contributed by atoms with Crippen LogP contribution in [0.3, 0.4) is 0 Å². The molecule has 0 saturated carbocycles. The molecule has 0 aliphatic carbocycles. The van der Waals surface area contributed by atoms with Gasteiger partial charge in [0.1, 0.15) is 0 Å². The molecule has 3 heterocycles. The zero-order valence-corrected chi connectivity index (χ0v) is 20.4. The van der Waals surface area contributed by atoms with Gasteiger partial charge in [0.25, 0.3) is 0 Å². The lowest BCUT2D eigenvalue weighted by molar-refractivity contribution is -0.113. The van der Waals surface area contributed by atoms with E-state index in [4.69, 9.17) is 16.3 Å². The van der Waals surface area contributed by atoms with Crippen molar-refractivity contribution in [3.8, 4) is 5.69 Å². The Morgan fingerprint density at radius 1 is 0.971 bits per heavy atom. The predicted octanol–water partition coefficient (Wildman–Crippen LogP) is 4.09. The molecule has 1 amide bonds. The summed E-state index contributed by atoms with van der Waals surface area (Å²) in [6.45, 7) is 5.16. The molecular weight excluding hydrogens is 472 g/mol. The lowest BCUT2D eigenvalue weighted by Gasteiger charge is -2.28. The third-order valence-corrected chi connectivity index (χ3v) is 7.10. The average Bonchev–Trinajstić information content (AvgIpc) is 3.54. The van der Waals surface area contributed by atoms with Gasteiger partial charge in [0.15, 0.2) is 5.16 Å². The highest BCUT2D eigenvalue weighted by Gasteiger charge is 2.23. The molecule has 34 heavy (non-hydrogen) atoms. The molecule has 1 N–H and O–H groups in total. The first-order valence-electron chi connectivity index (χ1n) is 11.5. The Morgan fingerprint density at radius 2 is 1.74 bits per heavy atom. The summed E-state index contributed by atoms with van der Waals surface area (Å²) in [5.41, 5.74) is 2.80. The molecule has 5 rings (SSSR count). The van der Waals surface area contributed by atoms with E-state index in [0.717, 1.165) is 75.2 Å². The van der Waals surface area contributed by atoms with Gasteiger partial charge in [-0.2, -0.15) is 0 Å². The van der Waals surface area contributed by atoms with Crippen molar-refractivity contribution >= 4 is 46.6 Å². The van der Waals surface area contributed by atoms with Crippen LogP contribution >= 0.6 is 23.4 Å². The van der Waals surface area contributed by atoms with E-state index in [1.807, 2.05) is 53.1 Å². The SMILES string of the molecule is O=C(CSc1nnc(N2CCCC2)n1-c1cccc(Cl)c1)Nc1ccc(N2CCOCC2)cc1. The lowest BCUT2D eigenvalue weighted by atomic mass is 10.2. The molecule has 8 nitrogen and oxygen atoms in total. The number of anilines is 3. The van der Waals surface area contributed by atoms with Crippen molar-refractivity contribution < 1.29 is 9.53 Å². The van der Waals surface area contributed by atoms with Crippen LogP contribution in [0.25, 0.3) is 5.69 Å². The Labute approximate surface area is 208 Å². The summed E-state index contributed by atoms with van der Waals surface area (Å²) in [4.78, 5) is 17.2. The van der Waals surface area contributed by atoms with Crippen LogP contribution in [0, 0.1) is 0 Å². The van der Waals surface area contributed by atoms with E-state index < -0.39 is 0 Å². The first-order chi connectivity index (χ1) is 16.7. The summed E-state index contributed by atoms with van der Waals surface area (Å²) in [6.07, 6.45) is 2.27. The second-order valence-corrected chi connectivity index (χ2v) is 9.65. The number of rotatable bonds is 7. The first-order valence-corrected chi connectivity index (χ1v) is 12.9. The number of carbonyl (C=O) groups is 1. The highest BCUT2D eigenvalue weighted by Crippen LogP contribution is 2.30. The zero-order chi connectivity index (χ0) is 23.3. The summed E-state index contributed by atoms with van der Waals surface area (Å²) >= 11 is 7.62. The molecule has 0 bridgehead atoms. The molecule has 178 valence electrons. The fourth-order valence-corrected chi connectivity index (χ4v) is 5.15. The van der Waals surface area contributed by atoms with Crippen LogP contribution in [-0.2, 0) is 9.53 Å². The van der Waals surface area contributed by atoms with Crippen LogP contribution in [0.15, 0.2) is 53.7 Å². The maximum atomic E-state index is 12.7. The van der Waals surface area contributed by atoms with Gasteiger partial charge in [0.05, 0.1) is 24.7 Å². The fraction of sp³-hybridized carbons (Fsp3) is 0.375. The summed E-state index contributed by atoms with van der Waals surface area (Å²) in [7, 11) is 0. The van der Waals surface area contributed by atoms with Crippen LogP contribution in [0.4, 0.5) is 17.3 Å². The molecule has 2 aromatic carbocycles. The quantitative estimate of drug-likeness (QED) is 0.492. The van der Waals surface area contributed by atoms with E-state index in [0.29, 0.717) is 10.2 Å². The highest BCUT2D eigenvalue weighted by molar-refractivity contribution is 7.99. The van der Waals surface area contributed by atoms with Crippen LogP contribution < -0.4 is 15.1 Å². The molecule has 0 atom stereocenters. The van der Waals surface area contributed by atoms with Crippen LogP contribution in [0.5, 0.6) is 0 Å². The van der Waals surface area contributed by atoms with Crippen molar-refractivity contribution in [1.82, 2.24) is 14.8 Å². The normalized spacial score (nSPS) is 16.1. The molecule has 2 aliphatic rings. The van der Waals surface area contributed by atoms with Crippen molar-refractivity contribution in [2.75, 3.05) is 60.3 Å². The van der Waals surface area contributed by atoms with Gasteiger partial charge in [-0.3, -0.25) is 9.36 Å². The molecule has 2 saturated heterocycles. The fourth-order valence-electron chi connectivity index (χ4n) is 4.22. The third kappa shape index (κ3) is 5.32. The van der Waals surface area contributed by atoms with E-state index in [1.165, 1.54) is 11.8 Å². The number of thioether (sulfide) groups is 1. The standard InChI is InChI=1S/C24H27ClN6O2S/c25-18-4-3-5-21(16-18)31-23(30-10-1-2-11-30)27-28-24(31)34-17-22(32)26-19-6-8-20(9-7-19)29-12-14-33-15-13-29/h3-9,16H,1-2,10-15,17H2,(H,26,32). The van der Waals surface area contributed by atoms with Gasteiger partial charge >= 0.3 is 0 Å². The zero-order valence-electron chi connectivity index (χ0n) is 18.8. The van der Waals surface area contributed by atoms with Crippen molar-refractivity contribution in [1.29, 1.82) is 0 Å². The highest BCUT2D eigenvalue weighted by atomic mass is 35.5. The summed E-state index contributed by atoms with van der Waals surface area (Å²) < 4.78 is 7.40. The largest absolute Gasteiger partial charge is 0.378 e. The second-order valence-electron chi connectivity index (χ2n) is 8.28. The van der Waals surface area contributed by atoms with Gasteiger partial charge in [0.2, 0.25) is 11.9 Å². The minimum atomic E-state index is -0.0903. The first kappa shape index (κ1) is 23.0. The Hall–Kier alpha value is -2.75. The maximum absolute atomic E-state index is 12.7. The molecular formula is C24H27ClN6O2S. The predicted molar refractivity (Wildman–Crippen MR) is 137 cm³/mol. The molecule has 2 fully saturated rings. The number of nitrogens with zero attached hydrogens (tertiary/aromatic N) is 5. The number of morpholine rings is 1. The number of hydrogen-bond donors (Lipinski definition) is 1. The molecule has 0 unspecified atom stereocenters. The molecule has 2 aliphatic heterocycles. The van der Waals surface area contributed by atoms with Crippen molar-refractivity contribution in [2.24, 2.45) is 0 Å². The molecule has 3 aromatic rings. The number of aromatic nitrogens is 3. The van der Waals surface area contributed by atoms with Crippen LogP contribution in [-0.4, -0.2) is 65.8 Å². The van der Waals surface area contributed by atoms with Crippen molar-refractivity contribution in [2.45, 2.75) is 18.0 Å². The number of carbonyl (C=O) groups excluding carboxylic acids is 1. The van der Waals surface area contributed by atoms with E-state index >= 15 is 0 Å². The number of ether oxygens (including phenoxy) is 1. The Balaban J connectivity index is 1.26. The molecule has 0 spiro atoms. The minimum Gasteiger partial charge on any atom is -0.378 e. The van der Waals surface area contributed by atoms with E-state index in [9.17, 15) is 4.79 Å². The smallest absolute Gasteiger partial charge is 0.234 e. The molecule has 10 heteroatoms. The van der Waals surface area contributed by atoms with Gasteiger partial charge in [-0.15, -0.1) is 10.2 Å². The number of halogens is 1. The second kappa shape index (κ2) is 10.7. The van der Waals surface area contributed by atoms with Crippen LogP contribution in [0.1, 0.15) is 12.8 Å². The Bertz CT molecular complexity index is 1130. The number of nitrogens with one attached hydrogen (secondary N) is 1. The van der Waals surface area contributed by atoms with Gasteiger partial charge in [-0.25, -0.2) is 0 Å². The van der Waals surface area contributed by atoms with Crippen molar-refractivity contribution in [3.05, 3.63) is 53.6 Å². The Morgan fingerprint density at radius 3 is 2.47 bits per heavy atom. The average molecular weight is 499 g/mol. The number of hydrogen-bond acceptors (Lipinski definition) is 7. The Kier molecular flexibility index (Phi) is 7.22. The summed E-state index contributed by atoms with van der Waals surface area (Å²) in [5.74, 6) is 0.929. The molecule has 0 radical (unpaired) electrons. The van der Waals surface area contributed by atoms with Gasteiger partial charge < -0.3 is 19.9 Å². The monoisotopic (exact) mass is 498 g/mol. The lowest BCUT2D eigenvalue weighted by Crippen LogP contribution is -2.36. The third-order valence-electron chi connectivity index (χ3n) is 5.93. The topological polar surface area (TPSA) is 75.5 Å². The minimum absolute atomic E-state index is 0.0903. The van der Waals surface area contributed by atoms with Gasteiger partial charge in [-0.1, -0.05) is 29.4 Å². The van der Waals surface area contributed by atoms with E-state index in [1.54, 1.807) is 0 Å². The number of benzene rings is 2. The summed E-state index contributed by atoms with van der Waals surface area (Å²) in [6, 6.07) is 15.6. The molecule has 1 aromatic heterocycles.